The molecular formula is C20H19N3O3. The van der Waals surface area contributed by atoms with Gasteiger partial charge in [0.25, 0.3) is 0 Å². The van der Waals surface area contributed by atoms with E-state index in [0.29, 0.717) is 22.3 Å². The molecule has 2 amide bonds. The van der Waals surface area contributed by atoms with Crippen LogP contribution in [0, 0.1) is 6.92 Å². The number of nitrogens with one attached hydrogen (secondary N) is 2. The molecule has 0 radical (unpaired) electrons. The van der Waals surface area contributed by atoms with Crippen molar-refractivity contribution in [3.05, 3.63) is 70.5 Å². The molecule has 1 heterocycles. The molecule has 0 fully saturated rings. The molecule has 3 aromatic rings. The first kappa shape index (κ1) is 17.4. The minimum atomic E-state index is -0.226. The Morgan fingerprint density at radius 3 is 2.46 bits per heavy atom. The van der Waals surface area contributed by atoms with Gasteiger partial charge in [-0.05, 0) is 37.3 Å². The fraction of sp³-hybridized carbons (Fsp3) is 0.150. The summed E-state index contributed by atoms with van der Waals surface area (Å²) in [4.78, 5) is 35.6. The molecule has 0 aliphatic heterocycles. The number of aryl methyl sites for hydroxylation is 1. The van der Waals surface area contributed by atoms with Crippen molar-refractivity contribution in [1.29, 1.82) is 0 Å². The van der Waals surface area contributed by atoms with Crippen molar-refractivity contribution in [2.75, 3.05) is 10.6 Å². The number of hydrogen-bond acceptors (Lipinski definition) is 3. The maximum absolute atomic E-state index is 12.4. The number of nitrogens with zero attached hydrogens (tertiary/aromatic N) is 1. The fourth-order valence-corrected chi connectivity index (χ4v) is 2.80. The van der Waals surface area contributed by atoms with E-state index in [0.717, 1.165) is 5.56 Å². The van der Waals surface area contributed by atoms with E-state index in [1.54, 1.807) is 35.0 Å². The van der Waals surface area contributed by atoms with Gasteiger partial charge in [0.2, 0.25) is 11.8 Å². The Morgan fingerprint density at radius 1 is 1.00 bits per heavy atom. The SMILES string of the molecule is CC(=O)Nc1cccc(NC(=O)Cn2ccc(=O)c3cc(C)ccc32)c1. The van der Waals surface area contributed by atoms with E-state index in [1.807, 2.05) is 25.1 Å². The quantitative estimate of drug-likeness (QED) is 0.760. The predicted octanol–water partition coefficient (Wildman–Crippen LogP) is 2.91. The lowest BCUT2D eigenvalue weighted by atomic mass is 10.1. The molecule has 0 bridgehead atoms. The molecular weight excluding hydrogens is 330 g/mol. The smallest absolute Gasteiger partial charge is 0.244 e. The standard InChI is InChI=1S/C20H19N3O3/c1-13-6-7-18-17(10-13)19(25)8-9-23(18)12-20(26)22-16-5-3-4-15(11-16)21-14(2)24/h3-11H,12H2,1-2H3,(H,21,24)(H,22,26). The molecule has 0 aliphatic carbocycles. The monoisotopic (exact) mass is 349 g/mol. The molecule has 0 atom stereocenters. The third kappa shape index (κ3) is 3.97. The lowest BCUT2D eigenvalue weighted by molar-refractivity contribution is -0.116. The second-order valence-corrected chi connectivity index (χ2v) is 6.14. The van der Waals surface area contributed by atoms with Crippen LogP contribution in [0.3, 0.4) is 0 Å². The van der Waals surface area contributed by atoms with E-state index in [9.17, 15) is 14.4 Å². The van der Waals surface area contributed by atoms with E-state index in [1.165, 1.54) is 13.0 Å². The minimum absolute atomic E-state index is 0.0663. The number of rotatable bonds is 4. The topological polar surface area (TPSA) is 80.2 Å². The molecule has 3 rings (SSSR count). The van der Waals surface area contributed by atoms with E-state index in [4.69, 9.17) is 0 Å². The zero-order valence-corrected chi connectivity index (χ0v) is 14.6. The predicted molar refractivity (Wildman–Crippen MR) is 102 cm³/mol. The average molecular weight is 349 g/mol. The molecule has 0 saturated carbocycles. The maximum atomic E-state index is 12.4. The first-order chi connectivity index (χ1) is 12.4. The lowest BCUT2D eigenvalue weighted by Crippen LogP contribution is -2.20. The van der Waals surface area contributed by atoms with Gasteiger partial charge in [-0.1, -0.05) is 17.7 Å². The van der Waals surface area contributed by atoms with Crippen molar-refractivity contribution in [3.63, 3.8) is 0 Å². The van der Waals surface area contributed by atoms with Gasteiger partial charge in [0.05, 0.1) is 5.52 Å². The number of aromatic nitrogens is 1. The van der Waals surface area contributed by atoms with Gasteiger partial charge >= 0.3 is 0 Å². The van der Waals surface area contributed by atoms with Gasteiger partial charge in [0, 0.05) is 35.9 Å². The highest BCUT2D eigenvalue weighted by Gasteiger charge is 2.08. The van der Waals surface area contributed by atoms with Crippen LogP contribution in [-0.2, 0) is 16.1 Å². The second kappa shape index (κ2) is 7.23. The van der Waals surface area contributed by atoms with Crippen LogP contribution in [0.2, 0.25) is 0 Å². The van der Waals surface area contributed by atoms with Gasteiger partial charge in [-0.2, -0.15) is 0 Å². The van der Waals surface area contributed by atoms with E-state index in [-0.39, 0.29) is 23.8 Å². The molecule has 0 unspecified atom stereocenters. The summed E-state index contributed by atoms with van der Waals surface area (Å²) in [7, 11) is 0. The summed E-state index contributed by atoms with van der Waals surface area (Å²) in [6, 6.07) is 14.0. The summed E-state index contributed by atoms with van der Waals surface area (Å²) < 4.78 is 1.74. The van der Waals surface area contributed by atoms with Gasteiger partial charge < -0.3 is 15.2 Å². The molecule has 26 heavy (non-hydrogen) atoms. The fourth-order valence-electron chi connectivity index (χ4n) is 2.80. The third-order valence-electron chi connectivity index (χ3n) is 3.91. The van der Waals surface area contributed by atoms with Crippen molar-refractivity contribution in [3.8, 4) is 0 Å². The summed E-state index contributed by atoms with van der Waals surface area (Å²) in [6.45, 7) is 3.42. The number of fused-ring (bicyclic) bond motifs is 1. The highest BCUT2D eigenvalue weighted by Crippen LogP contribution is 2.16. The van der Waals surface area contributed by atoms with Crippen LogP contribution in [-0.4, -0.2) is 16.4 Å². The summed E-state index contributed by atoms with van der Waals surface area (Å²) in [6.07, 6.45) is 1.62. The van der Waals surface area contributed by atoms with Crippen LogP contribution in [0.1, 0.15) is 12.5 Å². The number of hydrogen-bond donors (Lipinski definition) is 2. The highest BCUT2D eigenvalue weighted by molar-refractivity contribution is 5.94. The van der Waals surface area contributed by atoms with E-state index >= 15 is 0 Å². The van der Waals surface area contributed by atoms with Crippen LogP contribution in [0.5, 0.6) is 0 Å². The Morgan fingerprint density at radius 2 is 1.73 bits per heavy atom. The van der Waals surface area contributed by atoms with Gasteiger partial charge in [0.1, 0.15) is 6.54 Å². The van der Waals surface area contributed by atoms with Crippen molar-refractivity contribution >= 4 is 34.1 Å². The van der Waals surface area contributed by atoms with Crippen LogP contribution in [0.4, 0.5) is 11.4 Å². The van der Waals surface area contributed by atoms with Gasteiger partial charge in [-0.25, -0.2) is 0 Å². The second-order valence-electron chi connectivity index (χ2n) is 6.14. The average Bonchev–Trinajstić information content (AvgIpc) is 2.57. The van der Waals surface area contributed by atoms with Crippen LogP contribution < -0.4 is 16.1 Å². The zero-order valence-electron chi connectivity index (χ0n) is 14.6. The molecule has 132 valence electrons. The van der Waals surface area contributed by atoms with Crippen LogP contribution in [0.15, 0.2) is 59.5 Å². The first-order valence-electron chi connectivity index (χ1n) is 8.20. The Bertz CT molecular complexity index is 1050. The van der Waals surface area contributed by atoms with Gasteiger partial charge in [-0.15, -0.1) is 0 Å². The van der Waals surface area contributed by atoms with E-state index < -0.39 is 0 Å². The number of benzene rings is 2. The largest absolute Gasteiger partial charge is 0.338 e. The van der Waals surface area contributed by atoms with E-state index in [2.05, 4.69) is 10.6 Å². The van der Waals surface area contributed by atoms with Gasteiger partial charge in [-0.3, -0.25) is 14.4 Å². The van der Waals surface area contributed by atoms with Crippen molar-refractivity contribution in [2.45, 2.75) is 20.4 Å². The maximum Gasteiger partial charge on any atom is 0.244 e. The Balaban J connectivity index is 1.81. The van der Waals surface area contributed by atoms with Crippen molar-refractivity contribution in [2.24, 2.45) is 0 Å². The Labute approximate surface area is 150 Å². The molecule has 6 heteroatoms. The van der Waals surface area contributed by atoms with Crippen LogP contribution in [0.25, 0.3) is 10.9 Å². The van der Waals surface area contributed by atoms with Crippen LogP contribution >= 0.6 is 0 Å². The minimum Gasteiger partial charge on any atom is -0.338 e. The number of carbonyl (C=O) groups is 2. The number of amides is 2. The Kier molecular flexibility index (Phi) is 4.84. The summed E-state index contributed by atoms with van der Waals surface area (Å²) >= 11 is 0. The van der Waals surface area contributed by atoms with Crippen molar-refractivity contribution in [1.82, 2.24) is 4.57 Å². The number of anilines is 2. The molecule has 2 aromatic carbocycles. The normalized spacial score (nSPS) is 10.5. The molecule has 1 aromatic heterocycles. The molecule has 6 nitrogen and oxygen atoms in total. The van der Waals surface area contributed by atoms with Crippen molar-refractivity contribution < 1.29 is 9.59 Å². The highest BCUT2D eigenvalue weighted by atomic mass is 16.2. The third-order valence-corrected chi connectivity index (χ3v) is 3.91. The Hall–Kier alpha value is -3.41. The first-order valence-corrected chi connectivity index (χ1v) is 8.20. The molecule has 0 aliphatic rings. The molecule has 0 spiro atoms. The molecule has 0 saturated heterocycles. The lowest BCUT2D eigenvalue weighted by Gasteiger charge is -2.12. The summed E-state index contributed by atoms with van der Waals surface area (Å²) in [5.74, 6) is -0.404. The number of pyridine rings is 1. The summed E-state index contributed by atoms with van der Waals surface area (Å²) in [5, 5.41) is 6.07. The molecule has 2 N–H and O–H groups in total. The zero-order chi connectivity index (χ0) is 18.7. The number of carbonyl (C=O) groups excluding carboxylic acids is 2. The summed E-state index contributed by atoms with van der Waals surface area (Å²) in [5.41, 5.74) is 2.84. The van der Waals surface area contributed by atoms with Gasteiger partial charge in [0.15, 0.2) is 5.43 Å².